The summed E-state index contributed by atoms with van der Waals surface area (Å²) < 4.78 is 22.8. The molecule has 0 bridgehead atoms. The van der Waals surface area contributed by atoms with Crippen LogP contribution < -0.4 is 4.89 Å². The van der Waals surface area contributed by atoms with E-state index in [9.17, 15) is 14.0 Å². The van der Waals surface area contributed by atoms with Gasteiger partial charge in [0.05, 0.1) is 0 Å². The van der Waals surface area contributed by atoms with Crippen LogP contribution in [-0.4, -0.2) is 6.35 Å². The highest BCUT2D eigenvalue weighted by atomic mass is 31.1. The lowest BCUT2D eigenvalue weighted by Crippen LogP contribution is -1.87. The molecule has 0 aromatic heterocycles. The molecule has 4 nitrogen and oxygen atoms in total. The van der Waals surface area contributed by atoms with Crippen molar-refractivity contribution in [1.82, 2.24) is 0 Å². The molecule has 0 saturated heterocycles. The van der Waals surface area contributed by atoms with Crippen molar-refractivity contribution < 1.29 is 18.5 Å². The molecule has 0 radical (unpaired) electrons. The van der Waals surface area contributed by atoms with Gasteiger partial charge in [-0.2, -0.15) is 0 Å². The molecule has 2 unspecified atom stereocenters. The first-order valence-corrected chi connectivity index (χ1v) is 3.60. The molecule has 40 valence electrons. The van der Waals surface area contributed by atoms with E-state index in [-0.39, 0.29) is 6.35 Å². The minimum atomic E-state index is -2.80. The zero-order chi connectivity index (χ0) is 5.70. The molecule has 0 aliphatic heterocycles. The number of hydrogen-bond donors (Lipinski definition) is 0. The quantitative estimate of drug-likeness (QED) is 0.519. The van der Waals surface area contributed by atoms with Crippen LogP contribution in [0.2, 0.25) is 0 Å². The highest BCUT2D eigenvalue weighted by Crippen LogP contribution is 2.10. The van der Waals surface area contributed by atoms with Gasteiger partial charge in [-0.15, -0.1) is 0 Å². The molecule has 0 aliphatic carbocycles. The zero-order valence-corrected chi connectivity index (χ0v) is 5.18. The summed E-state index contributed by atoms with van der Waals surface area (Å²) >= 11 is 0. The van der Waals surface area contributed by atoms with E-state index >= 15 is 0 Å². The normalized spacial score (nSPS) is 11.9. The maximum atomic E-state index is 9.47. The van der Waals surface area contributed by atoms with Crippen LogP contribution >= 0.6 is 16.7 Å². The van der Waals surface area contributed by atoms with Crippen molar-refractivity contribution in [3.63, 3.8) is 0 Å². The first-order chi connectivity index (χ1) is 3.27. The molecule has 6 heteroatoms. The monoisotopic (exact) mass is 141 g/mol. The van der Waals surface area contributed by atoms with E-state index < -0.39 is 16.7 Å². The minimum absolute atomic E-state index is 0.224. The summed E-state index contributed by atoms with van der Waals surface area (Å²) in [5.74, 6) is 0. The molecule has 0 aliphatic rings. The fraction of sp³-hybridized carbons (Fsp3) is 1.00. The van der Waals surface area contributed by atoms with Crippen LogP contribution in [0.25, 0.3) is 0 Å². The first-order valence-electron chi connectivity index (χ1n) is 1.39. The summed E-state index contributed by atoms with van der Waals surface area (Å²) in [6, 6.07) is 0. The van der Waals surface area contributed by atoms with Crippen LogP contribution in [-0.2, 0) is 13.7 Å². The molecule has 0 aromatic carbocycles. The molecule has 0 fully saturated rings. The third-order valence-corrected chi connectivity index (χ3v) is 1.07. The number of hydrogen-bond acceptors (Lipinski definition) is 4. The highest BCUT2D eigenvalue weighted by Gasteiger charge is 2.02. The Morgan fingerprint density at radius 2 is 2.43 bits per heavy atom. The second-order valence-corrected chi connectivity index (χ2v) is 1.92. The van der Waals surface area contributed by atoms with Crippen molar-refractivity contribution in [1.29, 1.82) is 0 Å². The second-order valence-electron chi connectivity index (χ2n) is 0.641. The van der Waals surface area contributed by atoms with Crippen molar-refractivity contribution in [3.05, 3.63) is 0 Å². The van der Waals surface area contributed by atoms with Gasteiger partial charge in [0.25, 0.3) is 6.35 Å². The Hall–Kier alpha value is 0.120. The van der Waals surface area contributed by atoms with Crippen LogP contribution in [0.5, 0.6) is 0 Å². The second kappa shape index (κ2) is 4.28. The Balaban J connectivity index is 2.97. The summed E-state index contributed by atoms with van der Waals surface area (Å²) in [6.07, 6.45) is -0.224. The van der Waals surface area contributed by atoms with E-state index in [1.54, 1.807) is 0 Å². The van der Waals surface area contributed by atoms with Crippen molar-refractivity contribution in [2.75, 3.05) is 6.35 Å². The largest absolute Gasteiger partial charge is 0.566 e. The minimum Gasteiger partial charge on any atom is -0.566 e. The summed E-state index contributed by atoms with van der Waals surface area (Å²) in [5, 5.41) is 0. The Bertz CT molecular complexity index is 79.8. The fourth-order valence-electron chi connectivity index (χ4n) is 0.0791. The molecular formula is CH3O4P2+. The third kappa shape index (κ3) is 6.12. The van der Waals surface area contributed by atoms with Gasteiger partial charge in [0.1, 0.15) is 0 Å². The highest BCUT2D eigenvalue weighted by molar-refractivity contribution is 7.31. The van der Waals surface area contributed by atoms with E-state index in [2.05, 4.69) is 4.52 Å². The van der Waals surface area contributed by atoms with Crippen molar-refractivity contribution >= 4 is 16.7 Å². The standard InChI is InChI=1S/CH2O4P2/c2-6-1-5-7(3)4/h1H2/p+1. The number of rotatable bonds is 3. The van der Waals surface area contributed by atoms with Gasteiger partial charge in [-0.1, -0.05) is 9.09 Å². The molecular weight excluding hydrogens is 138 g/mol. The SMILES string of the molecule is O=[PH+]CO[P+](=O)[O-]. The smallest absolute Gasteiger partial charge is 0.492 e. The van der Waals surface area contributed by atoms with Gasteiger partial charge in [-0.05, 0) is 4.57 Å². The predicted molar refractivity (Wildman–Crippen MR) is 22.6 cm³/mol. The van der Waals surface area contributed by atoms with Crippen LogP contribution in [0.1, 0.15) is 0 Å². The van der Waals surface area contributed by atoms with Crippen LogP contribution in [0, 0.1) is 0 Å². The summed E-state index contributed by atoms with van der Waals surface area (Å²) in [4.78, 5) is 9.44. The van der Waals surface area contributed by atoms with Crippen LogP contribution in [0.15, 0.2) is 0 Å². The fourth-order valence-corrected chi connectivity index (χ4v) is 0.712. The van der Waals surface area contributed by atoms with Crippen molar-refractivity contribution in [2.24, 2.45) is 0 Å². The van der Waals surface area contributed by atoms with Gasteiger partial charge in [0.15, 0.2) is 0 Å². The van der Waals surface area contributed by atoms with Gasteiger partial charge in [0, 0.05) is 0 Å². The molecule has 0 rings (SSSR count). The van der Waals surface area contributed by atoms with Crippen molar-refractivity contribution in [3.8, 4) is 0 Å². The lowest BCUT2D eigenvalue weighted by molar-refractivity contribution is -0.184. The molecule has 2 atom stereocenters. The predicted octanol–water partition coefficient (Wildman–Crippen LogP) is 0.00220. The van der Waals surface area contributed by atoms with E-state index in [4.69, 9.17) is 0 Å². The lowest BCUT2D eigenvalue weighted by atomic mass is 11.7. The Labute approximate surface area is 42.6 Å². The average Bonchev–Trinajstić information content (AvgIpc) is 1.61. The van der Waals surface area contributed by atoms with Crippen LogP contribution in [0.3, 0.4) is 0 Å². The van der Waals surface area contributed by atoms with Crippen molar-refractivity contribution in [2.45, 2.75) is 0 Å². The average molecular weight is 141 g/mol. The zero-order valence-electron chi connectivity index (χ0n) is 3.29. The Morgan fingerprint density at radius 3 is 2.57 bits per heavy atom. The molecule has 0 saturated carbocycles. The van der Waals surface area contributed by atoms with Crippen LogP contribution in [0.4, 0.5) is 0 Å². The molecule has 7 heavy (non-hydrogen) atoms. The third-order valence-electron chi connectivity index (χ3n) is 0.229. The molecule has 0 spiro atoms. The van der Waals surface area contributed by atoms with Gasteiger partial charge >= 0.3 is 16.7 Å². The molecule has 0 amide bonds. The Kier molecular flexibility index (Phi) is 4.36. The van der Waals surface area contributed by atoms with Gasteiger partial charge in [-0.25, -0.2) is 0 Å². The van der Waals surface area contributed by atoms with Gasteiger partial charge in [-0.3, -0.25) is 0 Å². The summed E-state index contributed by atoms with van der Waals surface area (Å²) in [6.45, 7) is 0. The topological polar surface area (TPSA) is 66.4 Å². The van der Waals surface area contributed by atoms with Gasteiger partial charge in [0.2, 0.25) is 0 Å². The Morgan fingerprint density at radius 1 is 1.86 bits per heavy atom. The maximum absolute atomic E-state index is 9.47. The van der Waals surface area contributed by atoms with Gasteiger partial charge < -0.3 is 4.89 Å². The first kappa shape index (κ1) is 7.12. The van der Waals surface area contributed by atoms with E-state index in [1.807, 2.05) is 0 Å². The van der Waals surface area contributed by atoms with E-state index in [0.29, 0.717) is 0 Å². The maximum Gasteiger partial charge on any atom is 0.492 e. The van der Waals surface area contributed by atoms with E-state index in [1.165, 1.54) is 0 Å². The summed E-state index contributed by atoms with van der Waals surface area (Å²) in [7, 11) is -3.50. The molecule has 0 aromatic rings. The van der Waals surface area contributed by atoms with E-state index in [0.717, 1.165) is 0 Å². The molecule has 0 N–H and O–H groups in total. The summed E-state index contributed by atoms with van der Waals surface area (Å²) in [5.41, 5.74) is 0. The lowest BCUT2D eigenvalue weighted by Gasteiger charge is -1.72. The molecule has 0 heterocycles.